The van der Waals surface area contributed by atoms with Gasteiger partial charge >= 0.3 is 5.97 Å². The molecule has 0 heterocycles. The Kier molecular flexibility index (Phi) is 5.57. The predicted octanol–water partition coefficient (Wildman–Crippen LogP) is 3.34. The molecular formula is C18H16F2O3. The standard InChI is InChI=1S/C10H9FO.C8H7FO2/c11-9-3-1-8-6-10(12)4-2-7(8)5-9;9-7-3-1-6(2-4-7)5-8(10)11/h1,3,5H,2,4,6H2;1-4H,5H2,(H,10,11). The number of carbonyl (C=O) groups excluding carboxylic acids is 1. The zero-order valence-corrected chi connectivity index (χ0v) is 12.4. The van der Waals surface area contributed by atoms with Crippen LogP contribution in [0.3, 0.4) is 0 Å². The third kappa shape index (κ3) is 5.29. The van der Waals surface area contributed by atoms with E-state index in [1.807, 2.05) is 0 Å². The molecule has 23 heavy (non-hydrogen) atoms. The van der Waals surface area contributed by atoms with Gasteiger partial charge < -0.3 is 5.11 Å². The predicted molar refractivity (Wildman–Crippen MR) is 81.2 cm³/mol. The van der Waals surface area contributed by atoms with Crippen LogP contribution in [0.4, 0.5) is 8.78 Å². The molecule has 0 aromatic heterocycles. The number of aryl methyl sites for hydroxylation is 1. The summed E-state index contributed by atoms with van der Waals surface area (Å²) in [7, 11) is 0. The first kappa shape index (κ1) is 16.8. The second-order valence-corrected chi connectivity index (χ2v) is 5.33. The lowest BCUT2D eigenvalue weighted by molar-refractivity contribution is -0.136. The Hall–Kier alpha value is -2.56. The van der Waals surface area contributed by atoms with Crippen LogP contribution in [0, 0.1) is 11.6 Å². The Balaban J connectivity index is 0.000000168. The van der Waals surface area contributed by atoms with Gasteiger partial charge in [-0.15, -0.1) is 0 Å². The summed E-state index contributed by atoms with van der Waals surface area (Å²) < 4.78 is 25.0. The average molecular weight is 318 g/mol. The minimum Gasteiger partial charge on any atom is -0.481 e. The molecule has 0 spiro atoms. The van der Waals surface area contributed by atoms with Gasteiger partial charge in [-0.2, -0.15) is 0 Å². The molecule has 120 valence electrons. The maximum absolute atomic E-state index is 12.7. The van der Waals surface area contributed by atoms with Crippen LogP contribution in [0.15, 0.2) is 42.5 Å². The fourth-order valence-electron chi connectivity index (χ4n) is 2.35. The Morgan fingerprint density at radius 3 is 2.26 bits per heavy atom. The van der Waals surface area contributed by atoms with Crippen molar-refractivity contribution < 1.29 is 23.5 Å². The van der Waals surface area contributed by atoms with Crippen molar-refractivity contribution in [1.29, 1.82) is 0 Å². The van der Waals surface area contributed by atoms with Crippen LogP contribution in [0.25, 0.3) is 0 Å². The molecular weight excluding hydrogens is 302 g/mol. The largest absolute Gasteiger partial charge is 0.481 e. The molecule has 0 saturated heterocycles. The number of hydrogen-bond acceptors (Lipinski definition) is 2. The lowest BCUT2D eigenvalue weighted by Gasteiger charge is -2.13. The third-order valence-corrected chi connectivity index (χ3v) is 3.50. The highest BCUT2D eigenvalue weighted by Gasteiger charge is 2.15. The SMILES string of the molecule is O=C(O)Cc1ccc(F)cc1.O=C1CCc2cc(F)ccc2C1. The van der Waals surface area contributed by atoms with Gasteiger partial charge in [0.05, 0.1) is 6.42 Å². The number of fused-ring (bicyclic) bond motifs is 1. The summed E-state index contributed by atoms with van der Waals surface area (Å²) in [6.45, 7) is 0. The fraction of sp³-hybridized carbons (Fsp3) is 0.222. The van der Waals surface area contributed by atoms with Crippen molar-refractivity contribution in [3.63, 3.8) is 0 Å². The number of rotatable bonds is 2. The van der Waals surface area contributed by atoms with E-state index in [9.17, 15) is 18.4 Å². The van der Waals surface area contributed by atoms with Crippen molar-refractivity contribution >= 4 is 11.8 Å². The lowest BCUT2D eigenvalue weighted by Crippen LogP contribution is -2.13. The molecule has 2 aromatic carbocycles. The first-order valence-corrected chi connectivity index (χ1v) is 7.19. The summed E-state index contributed by atoms with van der Waals surface area (Å²) in [4.78, 5) is 21.2. The molecule has 0 bridgehead atoms. The summed E-state index contributed by atoms with van der Waals surface area (Å²) in [5, 5.41) is 8.34. The van der Waals surface area contributed by atoms with Crippen molar-refractivity contribution in [2.24, 2.45) is 0 Å². The molecule has 0 unspecified atom stereocenters. The third-order valence-electron chi connectivity index (χ3n) is 3.50. The quantitative estimate of drug-likeness (QED) is 0.924. The normalized spacial score (nSPS) is 12.9. The molecule has 0 amide bonds. The molecule has 2 aromatic rings. The topological polar surface area (TPSA) is 54.4 Å². The summed E-state index contributed by atoms with van der Waals surface area (Å²) in [6, 6.07) is 10.1. The van der Waals surface area contributed by atoms with Crippen molar-refractivity contribution in [3.05, 3.63) is 70.8 Å². The maximum atomic E-state index is 12.7. The van der Waals surface area contributed by atoms with E-state index in [4.69, 9.17) is 5.11 Å². The Morgan fingerprint density at radius 2 is 1.61 bits per heavy atom. The second kappa shape index (κ2) is 7.63. The van der Waals surface area contributed by atoms with E-state index in [0.29, 0.717) is 24.8 Å². The monoisotopic (exact) mass is 318 g/mol. The highest BCUT2D eigenvalue weighted by atomic mass is 19.1. The molecule has 0 saturated carbocycles. The number of carbonyl (C=O) groups is 2. The summed E-state index contributed by atoms with van der Waals surface area (Å²) in [6.07, 6.45) is 1.69. The van der Waals surface area contributed by atoms with E-state index in [2.05, 4.69) is 0 Å². The van der Waals surface area contributed by atoms with Gasteiger partial charge in [-0.1, -0.05) is 18.2 Å². The van der Waals surface area contributed by atoms with Gasteiger partial charge in [-0.25, -0.2) is 8.78 Å². The summed E-state index contributed by atoms with van der Waals surface area (Å²) >= 11 is 0. The number of ketones is 1. The van der Waals surface area contributed by atoms with Gasteiger partial charge in [0.2, 0.25) is 0 Å². The second-order valence-electron chi connectivity index (χ2n) is 5.33. The van der Waals surface area contributed by atoms with Crippen LogP contribution in [-0.4, -0.2) is 16.9 Å². The van der Waals surface area contributed by atoms with Gasteiger partial charge in [0, 0.05) is 12.8 Å². The van der Waals surface area contributed by atoms with Crippen LogP contribution >= 0.6 is 0 Å². The molecule has 3 nitrogen and oxygen atoms in total. The van der Waals surface area contributed by atoms with Gasteiger partial charge in [0.25, 0.3) is 0 Å². The van der Waals surface area contributed by atoms with Crippen LogP contribution in [0.5, 0.6) is 0 Å². The van der Waals surface area contributed by atoms with Gasteiger partial charge in [-0.05, 0) is 47.4 Å². The van der Waals surface area contributed by atoms with Crippen molar-refractivity contribution in [1.82, 2.24) is 0 Å². The fourth-order valence-corrected chi connectivity index (χ4v) is 2.35. The van der Waals surface area contributed by atoms with Gasteiger partial charge in [0.1, 0.15) is 17.4 Å². The number of carboxylic acid groups (broad SMARTS) is 1. The molecule has 3 rings (SSSR count). The Labute approximate surface area is 132 Å². The van der Waals surface area contributed by atoms with Gasteiger partial charge in [0.15, 0.2) is 0 Å². The first-order valence-electron chi connectivity index (χ1n) is 7.19. The first-order chi connectivity index (χ1) is 10.9. The highest BCUT2D eigenvalue weighted by molar-refractivity contribution is 5.83. The average Bonchev–Trinajstić information content (AvgIpc) is 2.50. The van der Waals surface area contributed by atoms with Crippen molar-refractivity contribution in [2.45, 2.75) is 25.7 Å². The smallest absolute Gasteiger partial charge is 0.307 e. The molecule has 1 aliphatic carbocycles. The Morgan fingerprint density at radius 1 is 0.957 bits per heavy atom. The minimum atomic E-state index is -0.906. The molecule has 5 heteroatoms. The minimum absolute atomic E-state index is 0.0553. The molecule has 1 N–H and O–H groups in total. The zero-order chi connectivity index (χ0) is 16.8. The number of hydrogen-bond donors (Lipinski definition) is 1. The summed E-state index contributed by atoms with van der Waals surface area (Å²) in [5.41, 5.74) is 2.60. The number of Topliss-reactive ketones (excluding diaryl/α,β-unsaturated/α-hetero) is 1. The van der Waals surface area contributed by atoms with E-state index in [1.165, 1.54) is 36.4 Å². The number of carboxylic acids is 1. The highest BCUT2D eigenvalue weighted by Crippen LogP contribution is 2.19. The lowest BCUT2D eigenvalue weighted by atomic mass is 9.91. The Bertz CT molecular complexity index is 709. The summed E-state index contributed by atoms with van der Waals surface area (Å²) in [5.74, 6) is -1.20. The molecule has 0 radical (unpaired) electrons. The number of halogens is 2. The van der Waals surface area contributed by atoms with E-state index >= 15 is 0 Å². The molecule has 0 atom stereocenters. The van der Waals surface area contributed by atoms with Crippen LogP contribution in [-0.2, 0) is 28.9 Å². The van der Waals surface area contributed by atoms with Crippen LogP contribution < -0.4 is 0 Å². The van der Waals surface area contributed by atoms with E-state index in [-0.39, 0.29) is 23.8 Å². The molecule has 0 fully saturated rings. The number of aliphatic carboxylic acids is 1. The van der Waals surface area contributed by atoms with E-state index < -0.39 is 5.97 Å². The van der Waals surface area contributed by atoms with Crippen molar-refractivity contribution in [2.75, 3.05) is 0 Å². The molecule has 1 aliphatic rings. The zero-order valence-electron chi connectivity index (χ0n) is 12.4. The number of benzene rings is 2. The van der Waals surface area contributed by atoms with Crippen molar-refractivity contribution in [3.8, 4) is 0 Å². The van der Waals surface area contributed by atoms with Crippen LogP contribution in [0.2, 0.25) is 0 Å². The van der Waals surface area contributed by atoms with E-state index in [1.54, 1.807) is 6.07 Å². The van der Waals surface area contributed by atoms with Gasteiger partial charge in [-0.3, -0.25) is 9.59 Å². The van der Waals surface area contributed by atoms with Crippen LogP contribution in [0.1, 0.15) is 23.1 Å². The van der Waals surface area contributed by atoms with E-state index in [0.717, 1.165) is 11.1 Å². The maximum Gasteiger partial charge on any atom is 0.307 e. The molecule has 0 aliphatic heterocycles.